The lowest BCUT2D eigenvalue weighted by molar-refractivity contribution is 0.778. The van der Waals surface area contributed by atoms with Gasteiger partial charge in [-0.2, -0.15) is 9.78 Å². The van der Waals surface area contributed by atoms with Gasteiger partial charge in [0, 0.05) is 10.5 Å². The summed E-state index contributed by atoms with van der Waals surface area (Å²) < 4.78 is 1.37. The molecule has 0 bridgehead atoms. The second-order valence-corrected chi connectivity index (χ2v) is 3.69. The summed E-state index contributed by atoms with van der Waals surface area (Å²) in [4.78, 5) is 12.5. The molecule has 1 aromatic carbocycles. The summed E-state index contributed by atoms with van der Waals surface area (Å²) in [5.41, 5.74) is 1.24. The number of rotatable bonds is 1. The van der Waals surface area contributed by atoms with Crippen LogP contribution in [0.4, 0.5) is 0 Å². The lowest BCUT2D eigenvalue weighted by Crippen LogP contribution is -2.23. The summed E-state index contributed by atoms with van der Waals surface area (Å²) in [5.74, 6) is 0. The molecule has 2 rings (SSSR count). The predicted molar refractivity (Wildman–Crippen MR) is 61.8 cm³/mol. The van der Waals surface area contributed by atoms with E-state index < -0.39 is 0 Å². The standard InChI is InChI=1S/C11H10N2OS/c1-8-10(15)7-12-13(11(8)14)9-5-3-2-4-6-9/h2-7,15H,1H3. The lowest BCUT2D eigenvalue weighted by atomic mass is 10.3. The molecule has 0 atom stereocenters. The molecule has 0 aliphatic heterocycles. The largest absolute Gasteiger partial charge is 0.275 e. The molecule has 0 fully saturated rings. The zero-order valence-electron chi connectivity index (χ0n) is 8.21. The molecule has 0 saturated heterocycles. The third-order valence-corrected chi connectivity index (χ3v) is 2.64. The maximum atomic E-state index is 11.8. The second kappa shape index (κ2) is 3.90. The van der Waals surface area contributed by atoms with Crippen molar-refractivity contribution in [3.05, 3.63) is 52.4 Å². The molecule has 2 aromatic rings. The van der Waals surface area contributed by atoms with Gasteiger partial charge < -0.3 is 0 Å². The van der Waals surface area contributed by atoms with Crippen molar-refractivity contribution in [3.63, 3.8) is 0 Å². The van der Waals surface area contributed by atoms with Crippen LogP contribution < -0.4 is 5.56 Å². The first-order chi connectivity index (χ1) is 7.20. The molecule has 0 spiro atoms. The van der Waals surface area contributed by atoms with E-state index in [2.05, 4.69) is 17.7 Å². The maximum Gasteiger partial charge on any atom is 0.275 e. The van der Waals surface area contributed by atoms with E-state index in [-0.39, 0.29) is 5.56 Å². The highest BCUT2D eigenvalue weighted by atomic mass is 32.1. The predicted octanol–water partition coefficient (Wildman–Crippen LogP) is 1.83. The Labute approximate surface area is 92.8 Å². The first-order valence-corrected chi connectivity index (χ1v) is 4.98. The third kappa shape index (κ3) is 1.80. The number of aromatic nitrogens is 2. The van der Waals surface area contributed by atoms with E-state index in [9.17, 15) is 4.79 Å². The second-order valence-electron chi connectivity index (χ2n) is 3.21. The molecule has 15 heavy (non-hydrogen) atoms. The van der Waals surface area contributed by atoms with Crippen LogP contribution in [0.15, 0.2) is 46.2 Å². The number of nitrogens with zero attached hydrogens (tertiary/aromatic N) is 2. The van der Waals surface area contributed by atoms with Crippen LogP contribution >= 0.6 is 12.6 Å². The topological polar surface area (TPSA) is 34.9 Å². The van der Waals surface area contributed by atoms with Crippen molar-refractivity contribution >= 4 is 12.6 Å². The van der Waals surface area contributed by atoms with E-state index in [0.717, 1.165) is 5.69 Å². The van der Waals surface area contributed by atoms with Gasteiger partial charge in [0.15, 0.2) is 0 Å². The van der Waals surface area contributed by atoms with Crippen molar-refractivity contribution in [2.75, 3.05) is 0 Å². The molecule has 0 saturated carbocycles. The van der Waals surface area contributed by atoms with Crippen LogP contribution in [0.3, 0.4) is 0 Å². The number of hydrogen-bond acceptors (Lipinski definition) is 3. The van der Waals surface area contributed by atoms with Crippen molar-refractivity contribution in [1.82, 2.24) is 9.78 Å². The Hall–Kier alpha value is -1.55. The van der Waals surface area contributed by atoms with E-state index in [1.807, 2.05) is 30.3 Å². The van der Waals surface area contributed by atoms with Gasteiger partial charge in [-0.1, -0.05) is 18.2 Å². The molecular formula is C11H10N2OS. The van der Waals surface area contributed by atoms with Gasteiger partial charge in [-0.3, -0.25) is 4.79 Å². The fraction of sp³-hybridized carbons (Fsp3) is 0.0909. The first-order valence-electron chi connectivity index (χ1n) is 4.53. The Balaban J connectivity index is 2.66. The molecule has 0 radical (unpaired) electrons. The zero-order valence-corrected chi connectivity index (χ0v) is 9.11. The van der Waals surface area contributed by atoms with Crippen molar-refractivity contribution < 1.29 is 0 Å². The molecule has 76 valence electrons. The number of para-hydroxylation sites is 1. The minimum Gasteiger partial charge on any atom is -0.267 e. The highest BCUT2D eigenvalue weighted by Crippen LogP contribution is 2.08. The highest BCUT2D eigenvalue weighted by molar-refractivity contribution is 7.80. The molecule has 3 nitrogen and oxygen atoms in total. The molecule has 0 N–H and O–H groups in total. The van der Waals surface area contributed by atoms with Crippen molar-refractivity contribution in [1.29, 1.82) is 0 Å². The summed E-state index contributed by atoms with van der Waals surface area (Å²) in [6, 6.07) is 9.31. The average Bonchev–Trinajstić information content (AvgIpc) is 2.27. The van der Waals surface area contributed by atoms with Crippen LogP contribution in [0.25, 0.3) is 5.69 Å². The molecule has 4 heteroatoms. The zero-order chi connectivity index (χ0) is 10.8. The smallest absolute Gasteiger partial charge is 0.267 e. The van der Waals surface area contributed by atoms with Crippen LogP contribution in [0.5, 0.6) is 0 Å². The van der Waals surface area contributed by atoms with Gasteiger partial charge >= 0.3 is 0 Å². The van der Waals surface area contributed by atoms with Gasteiger partial charge in [-0.05, 0) is 19.1 Å². The van der Waals surface area contributed by atoms with Gasteiger partial charge in [0.2, 0.25) is 0 Å². The Bertz CT molecular complexity index is 534. The minimum atomic E-state index is -0.131. The Morgan fingerprint density at radius 1 is 1.27 bits per heavy atom. The van der Waals surface area contributed by atoms with E-state index in [1.54, 1.807) is 13.1 Å². The average molecular weight is 218 g/mol. The summed E-state index contributed by atoms with van der Waals surface area (Å²) >= 11 is 4.15. The summed E-state index contributed by atoms with van der Waals surface area (Å²) in [6.45, 7) is 1.74. The van der Waals surface area contributed by atoms with Gasteiger partial charge in [-0.15, -0.1) is 12.6 Å². The first kappa shape index (κ1) is 9.98. The molecule has 1 heterocycles. The van der Waals surface area contributed by atoms with Gasteiger partial charge in [0.1, 0.15) is 0 Å². The normalized spacial score (nSPS) is 10.3. The molecular weight excluding hydrogens is 208 g/mol. The van der Waals surface area contributed by atoms with E-state index in [0.29, 0.717) is 10.5 Å². The SMILES string of the molecule is Cc1c(S)cnn(-c2ccccc2)c1=O. The highest BCUT2D eigenvalue weighted by Gasteiger charge is 2.05. The van der Waals surface area contributed by atoms with Crippen LogP contribution in [0, 0.1) is 6.92 Å². The Morgan fingerprint density at radius 2 is 1.93 bits per heavy atom. The van der Waals surface area contributed by atoms with Crippen LogP contribution in [0.2, 0.25) is 0 Å². The summed E-state index contributed by atoms with van der Waals surface area (Å²) in [7, 11) is 0. The molecule has 0 aliphatic rings. The number of thiol groups is 1. The van der Waals surface area contributed by atoms with E-state index in [1.165, 1.54) is 4.68 Å². The van der Waals surface area contributed by atoms with Crippen LogP contribution in [-0.4, -0.2) is 9.78 Å². The maximum absolute atomic E-state index is 11.8. The number of hydrogen-bond donors (Lipinski definition) is 1. The van der Waals surface area contributed by atoms with Crippen LogP contribution in [0.1, 0.15) is 5.56 Å². The Kier molecular flexibility index (Phi) is 2.60. The monoisotopic (exact) mass is 218 g/mol. The van der Waals surface area contributed by atoms with E-state index >= 15 is 0 Å². The van der Waals surface area contributed by atoms with Gasteiger partial charge in [0.25, 0.3) is 5.56 Å². The third-order valence-electron chi connectivity index (χ3n) is 2.19. The van der Waals surface area contributed by atoms with Crippen molar-refractivity contribution in [3.8, 4) is 5.69 Å². The minimum absolute atomic E-state index is 0.131. The van der Waals surface area contributed by atoms with Crippen LogP contribution in [-0.2, 0) is 0 Å². The summed E-state index contributed by atoms with van der Waals surface area (Å²) in [5, 5.41) is 4.04. The van der Waals surface area contributed by atoms with Gasteiger partial charge in [0.05, 0.1) is 11.9 Å². The van der Waals surface area contributed by atoms with Crippen molar-refractivity contribution in [2.45, 2.75) is 11.8 Å². The number of benzene rings is 1. The van der Waals surface area contributed by atoms with E-state index in [4.69, 9.17) is 0 Å². The molecule has 0 aliphatic carbocycles. The quantitative estimate of drug-likeness (QED) is 0.741. The fourth-order valence-electron chi connectivity index (χ4n) is 1.28. The van der Waals surface area contributed by atoms with Gasteiger partial charge in [-0.25, -0.2) is 0 Å². The molecule has 0 amide bonds. The fourth-order valence-corrected chi connectivity index (χ4v) is 1.43. The Morgan fingerprint density at radius 3 is 2.60 bits per heavy atom. The lowest BCUT2D eigenvalue weighted by Gasteiger charge is -2.05. The molecule has 1 aromatic heterocycles. The molecule has 0 unspecified atom stereocenters. The summed E-state index contributed by atoms with van der Waals surface area (Å²) in [6.07, 6.45) is 1.58. The van der Waals surface area contributed by atoms with Crippen molar-refractivity contribution in [2.24, 2.45) is 0 Å².